The van der Waals surface area contributed by atoms with Crippen molar-refractivity contribution >= 4 is 79.3 Å². The number of fused-ring (bicyclic) bond motifs is 1. The van der Waals surface area contributed by atoms with Crippen LogP contribution in [0.15, 0.2) is 71.6 Å². The van der Waals surface area contributed by atoms with Gasteiger partial charge in [-0.1, -0.05) is 72.5 Å². The van der Waals surface area contributed by atoms with E-state index < -0.39 is 0 Å². The Morgan fingerprint density at radius 2 is 1.68 bits per heavy atom. The van der Waals surface area contributed by atoms with Gasteiger partial charge in [-0.25, -0.2) is 0 Å². The highest BCUT2D eigenvalue weighted by Crippen LogP contribution is 2.38. The van der Waals surface area contributed by atoms with Crippen LogP contribution in [0.4, 0.5) is 5.69 Å². The molecule has 1 heterocycles. The van der Waals surface area contributed by atoms with Crippen molar-refractivity contribution in [3.8, 4) is 0 Å². The molecule has 0 aliphatic carbocycles. The van der Waals surface area contributed by atoms with Crippen molar-refractivity contribution in [3.63, 3.8) is 0 Å². The second-order valence-corrected chi connectivity index (χ2v) is 8.49. The van der Waals surface area contributed by atoms with Gasteiger partial charge in [-0.3, -0.25) is 9.69 Å². The van der Waals surface area contributed by atoms with E-state index in [0.717, 1.165) is 25.6 Å². The molecule has 5 heteroatoms. The molecule has 0 spiro atoms. The maximum absolute atomic E-state index is 13.0. The number of hydrogen-bond acceptors (Lipinski definition) is 3. The molecule has 0 radical (unpaired) electrons. The zero-order chi connectivity index (χ0) is 17.4. The fourth-order valence-electron chi connectivity index (χ4n) is 2.79. The summed E-state index contributed by atoms with van der Waals surface area (Å²) in [4.78, 5) is 15.3. The molecule has 3 aromatic rings. The second kappa shape index (κ2) is 6.90. The second-order valence-electron chi connectivity index (χ2n) is 5.57. The fourth-order valence-corrected chi connectivity index (χ4v) is 4.43. The van der Waals surface area contributed by atoms with E-state index in [1.807, 2.05) is 72.8 Å². The number of nitrogens with zero attached hydrogens (tertiary/aromatic N) is 1. The minimum Gasteiger partial charge on any atom is -0.268 e. The number of thioether (sulfide) groups is 1. The first-order chi connectivity index (χ1) is 12.1. The topological polar surface area (TPSA) is 20.3 Å². The average molecular weight is 473 g/mol. The van der Waals surface area contributed by atoms with E-state index in [9.17, 15) is 4.79 Å². The summed E-state index contributed by atoms with van der Waals surface area (Å²) in [5, 5.41) is 2.12. The summed E-state index contributed by atoms with van der Waals surface area (Å²) in [6.07, 6.45) is 1.90. The largest absolute Gasteiger partial charge is 0.270 e. The fraction of sp³-hybridized carbons (Fsp3) is 0. The number of thiocarbonyl (C=S) groups is 1. The van der Waals surface area contributed by atoms with Crippen LogP contribution in [0.2, 0.25) is 0 Å². The summed E-state index contributed by atoms with van der Waals surface area (Å²) in [5.41, 5.74) is 1.84. The Hall–Kier alpha value is -1.70. The zero-order valence-corrected chi connectivity index (χ0v) is 16.8. The monoisotopic (exact) mass is 473 g/mol. The highest BCUT2D eigenvalue weighted by atomic mass is 127. The van der Waals surface area contributed by atoms with E-state index in [0.29, 0.717) is 9.23 Å². The lowest BCUT2D eigenvalue weighted by atomic mass is 10.1. The number of amides is 1. The van der Waals surface area contributed by atoms with E-state index in [1.54, 1.807) is 4.90 Å². The van der Waals surface area contributed by atoms with Crippen LogP contribution in [0, 0.1) is 3.57 Å². The molecule has 1 amide bonds. The summed E-state index contributed by atoms with van der Waals surface area (Å²) < 4.78 is 1.73. The van der Waals surface area contributed by atoms with Gasteiger partial charge in [-0.15, -0.1) is 0 Å². The van der Waals surface area contributed by atoms with E-state index in [4.69, 9.17) is 12.2 Å². The molecule has 0 saturated carbocycles. The van der Waals surface area contributed by atoms with Crippen molar-refractivity contribution in [1.29, 1.82) is 0 Å². The Balaban J connectivity index is 1.75. The smallest absolute Gasteiger partial charge is 0.268 e. The van der Waals surface area contributed by atoms with Crippen LogP contribution in [0.1, 0.15) is 5.56 Å². The maximum atomic E-state index is 13.0. The van der Waals surface area contributed by atoms with Crippen molar-refractivity contribution in [2.45, 2.75) is 0 Å². The first-order valence-electron chi connectivity index (χ1n) is 7.65. The van der Waals surface area contributed by atoms with Crippen LogP contribution in [-0.4, -0.2) is 10.2 Å². The third-order valence-electron chi connectivity index (χ3n) is 3.97. The summed E-state index contributed by atoms with van der Waals surface area (Å²) >= 11 is 9.12. The van der Waals surface area contributed by atoms with Gasteiger partial charge in [0.25, 0.3) is 5.91 Å². The van der Waals surface area contributed by atoms with Crippen LogP contribution in [0.3, 0.4) is 0 Å². The van der Waals surface area contributed by atoms with Crippen LogP contribution >= 0.6 is 46.6 Å². The Morgan fingerprint density at radius 3 is 2.48 bits per heavy atom. The zero-order valence-electron chi connectivity index (χ0n) is 13.0. The minimum absolute atomic E-state index is 0.0649. The number of halogens is 1. The van der Waals surface area contributed by atoms with Crippen molar-refractivity contribution in [3.05, 3.63) is 80.8 Å². The first kappa shape index (κ1) is 16.8. The SMILES string of the molecule is O=C1/C(=C\c2ccc(I)cc2)SC(=S)N1c1cccc2ccccc12. The van der Waals surface area contributed by atoms with Gasteiger partial charge in [0.1, 0.15) is 0 Å². The number of rotatable bonds is 2. The molecule has 1 aliphatic heterocycles. The molecule has 0 unspecified atom stereocenters. The Kier molecular flexibility index (Phi) is 4.62. The van der Waals surface area contributed by atoms with E-state index >= 15 is 0 Å². The number of carbonyl (C=O) groups is 1. The van der Waals surface area contributed by atoms with E-state index in [1.165, 1.54) is 11.8 Å². The molecule has 2 nitrogen and oxygen atoms in total. The number of carbonyl (C=O) groups excluding carboxylic acids is 1. The molecule has 1 aliphatic rings. The number of benzene rings is 3. The maximum Gasteiger partial charge on any atom is 0.270 e. The van der Waals surface area contributed by atoms with Crippen LogP contribution in [-0.2, 0) is 4.79 Å². The van der Waals surface area contributed by atoms with Gasteiger partial charge in [0, 0.05) is 8.96 Å². The van der Waals surface area contributed by atoms with Crippen molar-refractivity contribution in [1.82, 2.24) is 0 Å². The molecule has 0 atom stereocenters. The summed E-state index contributed by atoms with van der Waals surface area (Å²) in [6.45, 7) is 0. The summed E-state index contributed by atoms with van der Waals surface area (Å²) in [7, 11) is 0. The summed E-state index contributed by atoms with van der Waals surface area (Å²) in [6, 6.07) is 22.0. The van der Waals surface area contributed by atoms with Gasteiger partial charge in [-0.2, -0.15) is 0 Å². The molecular formula is C20H12INOS2. The predicted molar refractivity (Wildman–Crippen MR) is 119 cm³/mol. The highest BCUT2D eigenvalue weighted by molar-refractivity contribution is 14.1. The van der Waals surface area contributed by atoms with E-state index in [-0.39, 0.29) is 5.91 Å². The van der Waals surface area contributed by atoms with Crippen molar-refractivity contribution in [2.24, 2.45) is 0 Å². The molecular weight excluding hydrogens is 461 g/mol. The van der Waals surface area contributed by atoms with Gasteiger partial charge in [0.2, 0.25) is 0 Å². The quantitative estimate of drug-likeness (QED) is 0.265. The molecule has 25 heavy (non-hydrogen) atoms. The molecule has 0 bridgehead atoms. The Bertz CT molecular complexity index is 1020. The molecule has 3 aromatic carbocycles. The lowest BCUT2D eigenvalue weighted by molar-refractivity contribution is -0.113. The molecule has 1 fully saturated rings. The number of hydrogen-bond donors (Lipinski definition) is 0. The first-order valence-corrected chi connectivity index (χ1v) is 9.95. The van der Waals surface area contributed by atoms with Gasteiger partial charge >= 0.3 is 0 Å². The predicted octanol–water partition coefficient (Wildman–Crippen LogP) is 5.85. The van der Waals surface area contributed by atoms with Crippen molar-refractivity contribution < 1.29 is 4.79 Å². The Morgan fingerprint density at radius 1 is 0.960 bits per heavy atom. The lowest BCUT2D eigenvalue weighted by Crippen LogP contribution is -2.27. The van der Waals surface area contributed by atoms with Gasteiger partial charge in [-0.05, 0) is 57.8 Å². The minimum atomic E-state index is -0.0649. The van der Waals surface area contributed by atoms with Crippen LogP contribution in [0.25, 0.3) is 16.8 Å². The standard InChI is InChI=1S/C20H12INOS2/c21-15-10-8-13(9-11-15)12-18-19(23)22(20(24)25-18)17-7-3-5-14-4-1-2-6-16(14)17/h1-12H/b18-12+. The molecule has 1 saturated heterocycles. The van der Waals surface area contributed by atoms with E-state index in [2.05, 4.69) is 22.6 Å². The highest BCUT2D eigenvalue weighted by Gasteiger charge is 2.34. The molecule has 0 N–H and O–H groups in total. The average Bonchev–Trinajstić information content (AvgIpc) is 2.90. The number of anilines is 1. The third-order valence-corrected chi connectivity index (χ3v) is 5.99. The van der Waals surface area contributed by atoms with Crippen molar-refractivity contribution in [2.75, 3.05) is 4.90 Å². The Labute approximate surface area is 169 Å². The molecule has 0 aromatic heterocycles. The van der Waals surface area contributed by atoms with Crippen LogP contribution in [0.5, 0.6) is 0 Å². The molecule has 122 valence electrons. The third kappa shape index (κ3) is 3.23. The van der Waals surface area contributed by atoms with Gasteiger partial charge < -0.3 is 0 Å². The lowest BCUT2D eigenvalue weighted by Gasteiger charge is -2.17. The molecule has 4 rings (SSSR count). The normalized spacial score (nSPS) is 16.2. The van der Waals surface area contributed by atoms with Crippen LogP contribution < -0.4 is 4.90 Å². The summed E-state index contributed by atoms with van der Waals surface area (Å²) in [5.74, 6) is -0.0649. The van der Waals surface area contributed by atoms with Gasteiger partial charge in [0.05, 0.1) is 10.6 Å². The van der Waals surface area contributed by atoms with Gasteiger partial charge in [0.15, 0.2) is 4.32 Å².